The standard InChI is InChI=1S/C24H23F4N3O6S/c1-36-23(33)31-11-8-15-13-30(22(32)19-7-6-17(12-20(19)25)38(29,34)35)10-9-18(15)21(31)14-2-4-16(5-3-14)37-24(26,27)28/h2-7,12,21H,8-11,13H2,1H3,(H2,29,34,35). The average molecular weight is 558 g/mol. The molecule has 2 aliphatic rings. The number of sulfonamides is 1. The van der Waals surface area contributed by atoms with Crippen LogP contribution in [0.2, 0.25) is 0 Å². The Balaban J connectivity index is 1.62. The molecule has 204 valence electrons. The zero-order valence-corrected chi connectivity index (χ0v) is 20.8. The van der Waals surface area contributed by atoms with E-state index < -0.39 is 50.9 Å². The number of nitrogens with zero attached hydrogens (tertiary/aromatic N) is 2. The highest BCUT2D eigenvalue weighted by Gasteiger charge is 2.38. The third-order valence-corrected chi connectivity index (χ3v) is 7.32. The van der Waals surface area contributed by atoms with Crippen LogP contribution in [0.3, 0.4) is 0 Å². The molecule has 0 aliphatic carbocycles. The van der Waals surface area contributed by atoms with Crippen LogP contribution in [0.15, 0.2) is 58.5 Å². The van der Waals surface area contributed by atoms with Crippen LogP contribution in [-0.2, 0) is 14.8 Å². The van der Waals surface area contributed by atoms with Gasteiger partial charge in [0, 0.05) is 19.6 Å². The highest BCUT2D eigenvalue weighted by molar-refractivity contribution is 7.89. The molecule has 2 aliphatic heterocycles. The van der Waals surface area contributed by atoms with Crippen LogP contribution in [0.4, 0.5) is 22.4 Å². The van der Waals surface area contributed by atoms with E-state index in [2.05, 4.69) is 4.74 Å². The van der Waals surface area contributed by atoms with E-state index in [9.17, 15) is 35.6 Å². The molecule has 2 aromatic carbocycles. The van der Waals surface area contributed by atoms with Crippen molar-refractivity contribution in [3.63, 3.8) is 0 Å². The van der Waals surface area contributed by atoms with Crippen LogP contribution in [-0.4, -0.2) is 63.3 Å². The maximum Gasteiger partial charge on any atom is 0.573 e. The fourth-order valence-electron chi connectivity index (χ4n) is 4.72. The van der Waals surface area contributed by atoms with E-state index in [0.717, 1.165) is 35.4 Å². The molecular formula is C24H23F4N3O6S. The molecule has 2 amide bonds. The van der Waals surface area contributed by atoms with Gasteiger partial charge in [0.05, 0.1) is 23.6 Å². The van der Waals surface area contributed by atoms with Crippen LogP contribution >= 0.6 is 0 Å². The molecule has 38 heavy (non-hydrogen) atoms. The number of carbonyl (C=O) groups is 2. The predicted octanol–water partition coefficient (Wildman–Crippen LogP) is 3.73. The van der Waals surface area contributed by atoms with E-state index in [1.807, 2.05) is 0 Å². The number of amides is 2. The normalized spacial score (nSPS) is 18.2. The first-order valence-electron chi connectivity index (χ1n) is 11.3. The summed E-state index contributed by atoms with van der Waals surface area (Å²) in [6, 6.07) is 7.32. The SMILES string of the molecule is COC(=O)N1CCC2=C(CCN(C(=O)c3ccc(S(N)(=O)=O)cc3F)C2)C1c1ccc(OC(F)(F)F)cc1. The third-order valence-electron chi connectivity index (χ3n) is 6.41. The Morgan fingerprint density at radius 1 is 1.05 bits per heavy atom. The van der Waals surface area contributed by atoms with Gasteiger partial charge in [0.15, 0.2) is 0 Å². The number of hydrogen-bond donors (Lipinski definition) is 1. The number of halogens is 4. The van der Waals surface area contributed by atoms with Crippen molar-refractivity contribution in [1.29, 1.82) is 0 Å². The predicted molar refractivity (Wildman–Crippen MR) is 125 cm³/mol. The lowest BCUT2D eigenvalue weighted by molar-refractivity contribution is -0.274. The second-order valence-electron chi connectivity index (χ2n) is 8.72. The van der Waals surface area contributed by atoms with Crippen LogP contribution in [0.5, 0.6) is 5.75 Å². The number of ether oxygens (including phenoxy) is 2. The van der Waals surface area contributed by atoms with Gasteiger partial charge in [-0.2, -0.15) is 0 Å². The minimum absolute atomic E-state index is 0.130. The summed E-state index contributed by atoms with van der Waals surface area (Å²) in [7, 11) is -2.92. The second-order valence-corrected chi connectivity index (χ2v) is 10.3. The van der Waals surface area contributed by atoms with Crippen LogP contribution in [0, 0.1) is 5.82 Å². The van der Waals surface area contributed by atoms with E-state index in [1.165, 1.54) is 29.0 Å². The van der Waals surface area contributed by atoms with E-state index in [-0.39, 0.29) is 25.2 Å². The number of methoxy groups -OCH3 is 1. The Morgan fingerprint density at radius 3 is 2.32 bits per heavy atom. The largest absolute Gasteiger partial charge is 0.573 e. The summed E-state index contributed by atoms with van der Waals surface area (Å²) in [5.74, 6) is -2.08. The number of hydrogen-bond acceptors (Lipinski definition) is 6. The van der Waals surface area contributed by atoms with Gasteiger partial charge in [0.2, 0.25) is 10.0 Å². The zero-order valence-electron chi connectivity index (χ0n) is 20.0. The molecule has 14 heteroatoms. The summed E-state index contributed by atoms with van der Waals surface area (Å²) in [6.45, 7) is 0.510. The first kappa shape index (κ1) is 27.4. The Labute approximate surface area is 215 Å². The molecular weight excluding hydrogens is 534 g/mol. The van der Waals surface area contributed by atoms with E-state index in [0.29, 0.717) is 24.5 Å². The van der Waals surface area contributed by atoms with Crippen molar-refractivity contribution in [2.75, 3.05) is 26.7 Å². The fraction of sp³-hybridized carbons (Fsp3) is 0.333. The van der Waals surface area contributed by atoms with E-state index in [1.54, 1.807) is 0 Å². The molecule has 0 radical (unpaired) electrons. The Hall–Kier alpha value is -3.65. The van der Waals surface area contributed by atoms with Gasteiger partial charge in [-0.1, -0.05) is 12.1 Å². The van der Waals surface area contributed by atoms with Crippen molar-refractivity contribution in [3.05, 3.63) is 70.6 Å². The van der Waals surface area contributed by atoms with Gasteiger partial charge in [-0.15, -0.1) is 13.2 Å². The number of alkyl halides is 3. The number of benzene rings is 2. The topological polar surface area (TPSA) is 119 Å². The number of nitrogens with two attached hydrogens (primary N) is 1. The number of rotatable bonds is 4. The van der Waals surface area contributed by atoms with Crippen molar-refractivity contribution in [2.45, 2.75) is 30.1 Å². The minimum atomic E-state index is -4.85. The van der Waals surface area contributed by atoms with Gasteiger partial charge < -0.3 is 14.4 Å². The fourth-order valence-corrected chi connectivity index (χ4v) is 5.25. The number of carbonyl (C=O) groups excluding carboxylic acids is 2. The Bertz CT molecular complexity index is 1390. The van der Waals surface area contributed by atoms with Crippen molar-refractivity contribution < 1.29 is 45.0 Å². The highest BCUT2D eigenvalue weighted by atomic mass is 32.2. The van der Waals surface area contributed by atoms with Crippen molar-refractivity contribution in [2.24, 2.45) is 5.14 Å². The van der Waals surface area contributed by atoms with Gasteiger partial charge in [0.25, 0.3) is 5.91 Å². The minimum Gasteiger partial charge on any atom is -0.453 e. The molecule has 0 saturated carbocycles. The van der Waals surface area contributed by atoms with Gasteiger partial charge in [-0.3, -0.25) is 9.69 Å². The average Bonchev–Trinajstić information content (AvgIpc) is 2.86. The molecule has 0 aromatic heterocycles. The summed E-state index contributed by atoms with van der Waals surface area (Å²) in [6.07, 6.45) is -4.77. The summed E-state index contributed by atoms with van der Waals surface area (Å²) in [4.78, 5) is 28.0. The molecule has 1 atom stereocenters. The first-order valence-corrected chi connectivity index (χ1v) is 12.9. The summed E-state index contributed by atoms with van der Waals surface area (Å²) in [5.41, 5.74) is 1.85. The zero-order chi connectivity index (χ0) is 27.8. The molecule has 2 aromatic rings. The Morgan fingerprint density at radius 2 is 1.74 bits per heavy atom. The lowest BCUT2D eigenvalue weighted by Gasteiger charge is -2.42. The van der Waals surface area contributed by atoms with Gasteiger partial charge in [-0.05, 0) is 59.9 Å². The smallest absolute Gasteiger partial charge is 0.453 e. The van der Waals surface area contributed by atoms with Gasteiger partial charge in [-0.25, -0.2) is 22.7 Å². The lowest BCUT2D eigenvalue weighted by Crippen LogP contribution is -2.45. The van der Waals surface area contributed by atoms with Gasteiger partial charge >= 0.3 is 12.5 Å². The quantitative estimate of drug-likeness (QED) is 0.452. The molecule has 0 bridgehead atoms. The molecule has 9 nitrogen and oxygen atoms in total. The molecule has 4 rings (SSSR count). The Kier molecular flexibility index (Phi) is 7.39. The molecule has 2 N–H and O–H groups in total. The maximum atomic E-state index is 14.6. The summed E-state index contributed by atoms with van der Waals surface area (Å²) in [5, 5.41) is 5.02. The van der Waals surface area contributed by atoms with E-state index in [4.69, 9.17) is 9.88 Å². The van der Waals surface area contributed by atoms with Crippen LogP contribution < -0.4 is 9.88 Å². The number of primary sulfonamides is 1. The third kappa shape index (κ3) is 5.75. The summed E-state index contributed by atoms with van der Waals surface area (Å²) < 4.78 is 84.1. The molecule has 1 unspecified atom stereocenters. The lowest BCUT2D eigenvalue weighted by atomic mass is 9.84. The summed E-state index contributed by atoms with van der Waals surface area (Å²) >= 11 is 0. The molecule has 0 fully saturated rings. The van der Waals surface area contributed by atoms with E-state index >= 15 is 0 Å². The van der Waals surface area contributed by atoms with Crippen molar-refractivity contribution >= 4 is 22.0 Å². The molecule has 2 heterocycles. The van der Waals surface area contributed by atoms with Crippen LogP contribution in [0.25, 0.3) is 0 Å². The monoisotopic (exact) mass is 557 g/mol. The highest BCUT2D eigenvalue weighted by Crippen LogP contribution is 2.41. The molecule has 0 saturated heterocycles. The molecule has 0 spiro atoms. The van der Waals surface area contributed by atoms with Gasteiger partial charge in [0.1, 0.15) is 11.6 Å². The van der Waals surface area contributed by atoms with Crippen molar-refractivity contribution in [3.8, 4) is 5.75 Å². The van der Waals surface area contributed by atoms with Crippen LogP contribution in [0.1, 0.15) is 34.8 Å². The first-order chi connectivity index (χ1) is 17.8. The second kappa shape index (κ2) is 10.3. The maximum absolute atomic E-state index is 14.6. The van der Waals surface area contributed by atoms with Crippen molar-refractivity contribution in [1.82, 2.24) is 9.80 Å².